The lowest BCUT2D eigenvalue weighted by molar-refractivity contribution is -0.0466. The van der Waals surface area contributed by atoms with Gasteiger partial charge in [-0.1, -0.05) is 0 Å². The fourth-order valence-corrected chi connectivity index (χ4v) is 6.05. The van der Waals surface area contributed by atoms with Gasteiger partial charge in [-0.15, -0.1) is 11.3 Å². The summed E-state index contributed by atoms with van der Waals surface area (Å²) in [6, 6.07) is 2.13. The Morgan fingerprint density at radius 1 is 1.21 bits per heavy atom. The van der Waals surface area contributed by atoms with Crippen LogP contribution in [0.2, 0.25) is 5.28 Å². The maximum atomic E-state index is 11.1. The topological polar surface area (TPSA) is 82.0 Å². The summed E-state index contributed by atoms with van der Waals surface area (Å²) in [6.45, 7) is 7.33. The molecular formula is C19H24ClN5O3S. The number of piperidine rings is 1. The van der Waals surface area contributed by atoms with Crippen LogP contribution in [0.5, 0.6) is 0 Å². The van der Waals surface area contributed by atoms with Crippen molar-refractivity contribution in [1.82, 2.24) is 19.8 Å². The minimum atomic E-state index is -0.794. The van der Waals surface area contributed by atoms with Crippen molar-refractivity contribution in [2.75, 3.05) is 57.4 Å². The van der Waals surface area contributed by atoms with Gasteiger partial charge in [-0.25, -0.2) is 9.78 Å². The first kappa shape index (κ1) is 19.3. The predicted molar refractivity (Wildman–Crippen MR) is 112 cm³/mol. The van der Waals surface area contributed by atoms with Gasteiger partial charge in [-0.05, 0) is 35.9 Å². The number of aromatic nitrogens is 2. The number of ether oxygens (including phenoxy) is 1. The highest BCUT2D eigenvalue weighted by molar-refractivity contribution is 7.19. The minimum absolute atomic E-state index is 0.288. The summed E-state index contributed by atoms with van der Waals surface area (Å²) in [5.74, 6) is 0.917. The van der Waals surface area contributed by atoms with Crippen LogP contribution < -0.4 is 4.90 Å². The first-order valence-corrected chi connectivity index (χ1v) is 11.2. The van der Waals surface area contributed by atoms with Crippen molar-refractivity contribution in [3.05, 3.63) is 16.2 Å². The van der Waals surface area contributed by atoms with E-state index >= 15 is 0 Å². The number of rotatable bonds is 3. The summed E-state index contributed by atoms with van der Waals surface area (Å²) in [6.07, 6.45) is 1.13. The summed E-state index contributed by atoms with van der Waals surface area (Å²) in [5, 5.41) is 9.43. The number of fused-ring (bicyclic) bond motifs is 1. The highest BCUT2D eigenvalue weighted by Gasteiger charge is 2.45. The van der Waals surface area contributed by atoms with Crippen LogP contribution in [0.4, 0.5) is 10.6 Å². The molecule has 1 spiro atoms. The minimum Gasteiger partial charge on any atom is -0.465 e. The Morgan fingerprint density at radius 2 is 1.93 bits per heavy atom. The number of carbonyl (C=O) groups is 1. The Balaban J connectivity index is 1.27. The average molecular weight is 438 g/mol. The largest absolute Gasteiger partial charge is 0.465 e. The predicted octanol–water partition coefficient (Wildman–Crippen LogP) is 2.76. The molecule has 3 aliphatic heterocycles. The molecule has 156 valence electrons. The Bertz CT molecular complexity index is 916. The number of carboxylic acid groups (broad SMARTS) is 1. The fourth-order valence-electron chi connectivity index (χ4n) is 4.73. The smallest absolute Gasteiger partial charge is 0.407 e. The Labute approximate surface area is 178 Å². The van der Waals surface area contributed by atoms with Crippen LogP contribution in [0.25, 0.3) is 10.2 Å². The number of amides is 1. The molecule has 8 nitrogen and oxygen atoms in total. The van der Waals surface area contributed by atoms with Gasteiger partial charge >= 0.3 is 6.09 Å². The van der Waals surface area contributed by atoms with Gasteiger partial charge in [0.2, 0.25) is 5.28 Å². The maximum absolute atomic E-state index is 11.1. The third-order valence-corrected chi connectivity index (χ3v) is 7.55. The van der Waals surface area contributed by atoms with Crippen molar-refractivity contribution in [3.8, 4) is 0 Å². The number of anilines is 1. The molecule has 0 radical (unpaired) electrons. The van der Waals surface area contributed by atoms with Gasteiger partial charge in [0.1, 0.15) is 0 Å². The van der Waals surface area contributed by atoms with E-state index in [1.807, 2.05) is 0 Å². The number of halogens is 1. The van der Waals surface area contributed by atoms with Crippen LogP contribution in [0, 0.1) is 5.41 Å². The Morgan fingerprint density at radius 3 is 2.62 bits per heavy atom. The van der Waals surface area contributed by atoms with E-state index in [-0.39, 0.29) is 5.28 Å². The van der Waals surface area contributed by atoms with Crippen LogP contribution >= 0.6 is 22.9 Å². The van der Waals surface area contributed by atoms with Crippen LogP contribution in [-0.4, -0.2) is 83.4 Å². The lowest BCUT2D eigenvalue weighted by Gasteiger charge is -2.53. The van der Waals surface area contributed by atoms with Crippen LogP contribution in [0.15, 0.2) is 6.07 Å². The standard InChI is InChI=1S/C19H24ClN5O3S/c20-17-21-14-9-13(29-15(14)16(22-17)24-5-7-28-8-6-24)10-23-11-19(12-23)1-3-25(4-2-19)18(26)27/h9H,1-8,10-12H2,(H,26,27). The number of likely N-dealkylation sites (tertiary alicyclic amines) is 2. The van der Waals surface area contributed by atoms with Crippen molar-refractivity contribution in [2.24, 2.45) is 5.41 Å². The van der Waals surface area contributed by atoms with E-state index < -0.39 is 6.09 Å². The van der Waals surface area contributed by atoms with Crippen molar-refractivity contribution < 1.29 is 14.6 Å². The van der Waals surface area contributed by atoms with Crippen molar-refractivity contribution in [3.63, 3.8) is 0 Å². The number of hydrogen-bond acceptors (Lipinski definition) is 7. The average Bonchev–Trinajstić information content (AvgIpc) is 3.09. The van der Waals surface area contributed by atoms with E-state index in [1.54, 1.807) is 11.3 Å². The highest BCUT2D eigenvalue weighted by atomic mass is 35.5. The fraction of sp³-hybridized carbons (Fsp3) is 0.632. The highest BCUT2D eigenvalue weighted by Crippen LogP contribution is 2.42. The van der Waals surface area contributed by atoms with Gasteiger partial charge in [0.15, 0.2) is 5.82 Å². The molecule has 0 unspecified atom stereocenters. The van der Waals surface area contributed by atoms with Gasteiger partial charge in [-0.3, -0.25) is 4.90 Å². The van der Waals surface area contributed by atoms with Gasteiger partial charge in [0.05, 0.1) is 23.4 Å². The zero-order chi connectivity index (χ0) is 20.0. The number of morpholine rings is 1. The third kappa shape index (κ3) is 3.76. The van der Waals surface area contributed by atoms with Gasteiger partial charge in [0, 0.05) is 50.7 Å². The molecule has 3 aliphatic rings. The summed E-state index contributed by atoms with van der Waals surface area (Å²) < 4.78 is 6.55. The van der Waals surface area contributed by atoms with Crippen molar-refractivity contribution in [2.45, 2.75) is 19.4 Å². The van der Waals surface area contributed by atoms with Crippen molar-refractivity contribution in [1.29, 1.82) is 0 Å². The number of hydrogen-bond donors (Lipinski definition) is 1. The first-order valence-electron chi connectivity index (χ1n) is 10.0. The van der Waals surface area contributed by atoms with Gasteiger partial charge in [0.25, 0.3) is 0 Å². The molecule has 3 saturated heterocycles. The molecule has 0 atom stereocenters. The van der Waals surface area contributed by atoms with E-state index in [1.165, 1.54) is 9.78 Å². The molecule has 2 aromatic heterocycles. The second-order valence-electron chi connectivity index (χ2n) is 8.26. The molecular weight excluding hydrogens is 414 g/mol. The molecule has 5 rings (SSSR count). The van der Waals surface area contributed by atoms with Crippen LogP contribution in [0.3, 0.4) is 0 Å². The second kappa shape index (κ2) is 7.54. The number of thiophene rings is 1. The summed E-state index contributed by atoms with van der Waals surface area (Å²) in [7, 11) is 0. The molecule has 5 heterocycles. The van der Waals surface area contributed by atoms with E-state index in [0.717, 1.165) is 61.6 Å². The number of nitrogens with zero attached hydrogens (tertiary/aromatic N) is 5. The van der Waals surface area contributed by atoms with Crippen LogP contribution in [0.1, 0.15) is 17.7 Å². The lowest BCUT2D eigenvalue weighted by atomic mass is 9.72. The molecule has 2 aromatic rings. The molecule has 0 aliphatic carbocycles. The molecule has 0 saturated carbocycles. The van der Waals surface area contributed by atoms with Crippen molar-refractivity contribution >= 4 is 45.1 Å². The molecule has 1 amide bonds. The molecule has 0 aromatic carbocycles. The molecule has 1 N–H and O–H groups in total. The summed E-state index contributed by atoms with van der Waals surface area (Å²) >= 11 is 7.95. The normalized spacial score (nSPS) is 22.2. The molecule has 10 heteroatoms. The van der Waals surface area contributed by atoms with E-state index in [0.29, 0.717) is 31.7 Å². The van der Waals surface area contributed by atoms with E-state index in [9.17, 15) is 4.79 Å². The Kier molecular flexibility index (Phi) is 5.01. The lowest BCUT2D eigenvalue weighted by Crippen LogP contribution is -2.60. The summed E-state index contributed by atoms with van der Waals surface area (Å²) in [4.78, 5) is 27.5. The van der Waals surface area contributed by atoms with E-state index in [2.05, 4.69) is 25.8 Å². The Hall–Kier alpha value is -1.68. The zero-order valence-corrected chi connectivity index (χ0v) is 17.7. The molecule has 29 heavy (non-hydrogen) atoms. The van der Waals surface area contributed by atoms with Gasteiger partial charge < -0.3 is 19.6 Å². The summed E-state index contributed by atoms with van der Waals surface area (Å²) in [5.41, 5.74) is 1.21. The maximum Gasteiger partial charge on any atom is 0.407 e. The van der Waals surface area contributed by atoms with E-state index in [4.69, 9.17) is 21.4 Å². The quantitative estimate of drug-likeness (QED) is 0.739. The molecule has 0 bridgehead atoms. The second-order valence-corrected chi connectivity index (χ2v) is 9.73. The third-order valence-electron chi connectivity index (χ3n) is 6.28. The molecule has 3 fully saturated rings. The monoisotopic (exact) mass is 437 g/mol. The van der Waals surface area contributed by atoms with Gasteiger partial charge in [-0.2, -0.15) is 4.98 Å². The first-order chi connectivity index (χ1) is 14.0. The zero-order valence-electron chi connectivity index (χ0n) is 16.1. The van der Waals surface area contributed by atoms with Crippen LogP contribution in [-0.2, 0) is 11.3 Å². The SMILES string of the molecule is O=C(O)N1CCC2(CC1)CN(Cc1cc3nc(Cl)nc(N4CCOCC4)c3s1)C2.